The number of aromatic carboxylic acids is 1. The van der Waals surface area contributed by atoms with Gasteiger partial charge in [-0.2, -0.15) is 0 Å². The van der Waals surface area contributed by atoms with Gasteiger partial charge in [0, 0.05) is 6.21 Å². The molecule has 0 aliphatic carbocycles. The molecule has 5 nitrogen and oxygen atoms in total. The van der Waals surface area contributed by atoms with Crippen LogP contribution in [0.1, 0.15) is 21.5 Å². The van der Waals surface area contributed by atoms with Gasteiger partial charge in [-0.05, 0) is 53.6 Å². The predicted molar refractivity (Wildman–Crippen MR) is 104 cm³/mol. The molecule has 0 aliphatic heterocycles. The lowest BCUT2D eigenvalue weighted by Gasteiger charge is -2.11. The standard InChI is InChI=1S/C22H19NO4/c1-26-21-13-16(14-23-19-8-3-2-4-9-19)10-11-20(21)27-15-17-6-5-7-18(12-17)22(24)25/h2-14H,15H2,1H3,(H,24,25). The Morgan fingerprint density at radius 1 is 1.00 bits per heavy atom. The van der Waals surface area contributed by atoms with Crippen LogP contribution in [0, 0.1) is 0 Å². The van der Waals surface area contributed by atoms with Gasteiger partial charge in [-0.3, -0.25) is 4.99 Å². The molecule has 0 bridgehead atoms. The summed E-state index contributed by atoms with van der Waals surface area (Å²) in [6, 6.07) is 21.9. The molecule has 0 heterocycles. The third-order valence-corrected chi connectivity index (χ3v) is 3.87. The molecular formula is C22H19NO4. The van der Waals surface area contributed by atoms with Gasteiger partial charge in [0.2, 0.25) is 0 Å². The lowest BCUT2D eigenvalue weighted by atomic mass is 10.1. The molecule has 0 spiro atoms. The Labute approximate surface area is 157 Å². The van der Waals surface area contributed by atoms with Crippen LogP contribution in [0.15, 0.2) is 77.8 Å². The summed E-state index contributed by atoms with van der Waals surface area (Å²) in [6.07, 6.45) is 1.76. The molecule has 0 unspecified atom stereocenters. The molecule has 3 aromatic carbocycles. The topological polar surface area (TPSA) is 68.1 Å². The molecular weight excluding hydrogens is 342 g/mol. The number of rotatable bonds is 7. The summed E-state index contributed by atoms with van der Waals surface area (Å²) in [7, 11) is 1.57. The second kappa shape index (κ2) is 8.67. The maximum Gasteiger partial charge on any atom is 0.335 e. The quantitative estimate of drug-likeness (QED) is 0.618. The first-order valence-corrected chi connectivity index (χ1v) is 8.38. The van der Waals surface area contributed by atoms with E-state index in [1.54, 1.807) is 31.5 Å². The first-order chi connectivity index (χ1) is 13.2. The van der Waals surface area contributed by atoms with Crippen LogP contribution in [0.2, 0.25) is 0 Å². The Balaban J connectivity index is 1.72. The molecule has 3 rings (SSSR count). The highest BCUT2D eigenvalue weighted by Gasteiger charge is 2.07. The van der Waals surface area contributed by atoms with Crippen LogP contribution in [0.5, 0.6) is 11.5 Å². The minimum atomic E-state index is -0.962. The lowest BCUT2D eigenvalue weighted by molar-refractivity contribution is 0.0696. The van der Waals surface area contributed by atoms with E-state index in [1.165, 1.54) is 0 Å². The summed E-state index contributed by atoms with van der Waals surface area (Å²) >= 11 is 0. The predicted octanol–water partition coefficient (Wildman–Crippen LogP) is 4.72. The average Bonchev–Trinajstić information content (AvgIpc) is 2.72. The van der Waals surface area contributed by atoms with Gasteiger partial charge in [-0.1, -0.05) is 30.3 Å². The smallest absolute Gasteiger partial charge is 0.335 e. The zero-order chi connectivity index (χ0) is 19.1. The number of carboxylic acid groups (broad SMARTS) is 1. The van der Waals surface area contributed by atoms with Crippen LogP contribution in [-0.4, -0.2) is 24.4 Å². The number of para-hydroxylation sites is 1. The molecule has 0 fully saturated rings. The normalized spacial score (nSPS) is 10.7. The molecule has 0 aliphatic rings. The Bertz CT molecular complexity index is 952. The van der Waals surface area contributed by atoms with Crippen LogP contribution in [0.4, 0.5) is 5.69 Å². The van der Waals surface area contributed by atoms with Gasteiger partial charge in [0.15, 0.2) is 11.5 Å². The molecule has 0 aromatic heterocycles. The minimum Gasteiger partial charge on any atom is -0.493 e. The van der Waals surface area contributed by atoms with Crippen LogP contribution < -0.4 is 9.47 Å². The van der Waals surface area contributed by atoms with Gasteiger partial charge in [0.1, 0.15) is 6.61 Å². The highest BCUT2D eigenvalue weighted by atomic mass is 16.5. The molecule has 1 N–H and O–H groups in total. The van der Waals surface area contributed by atoms with Crippen molar-refractivity contribution in [3.05, 3.63) is 89.5 Å². The zero-order valence-electron chi connectivity index (χ0n) is 14.8. The Hall–Kier alpha value is -3.60. The number of hydrogen-bond acceptors (Lipinski definition) is 4. The van der Waals surface area contributed by atoms with Crippen molar-refractivity contribution in [2.75, 3.05) is 7.11 Å². The monoisotopic (exact) mass is 361 g/mol. The third-order valence-electron chi connectivity index (χ3n) is 3.87. The molecule has 0 saturated heterocycles. The van der Waals surface area contributed by atoms with Crippen molar-refractivity contribution in [2.45, 2.75) is 6.61 Å². The summed E-state index contributed by atoms with van der Waals surface area (Å²) in [5.41, 5.74) is 2.76. The molecule has 0 saturated carbocycles. The second-order valence-electron chi connectivity index (χ2n) is 5.80. The van der Waals surface area contributed by atoms with Crippen LogP contribution in [-0.2, 0) is 6.61 Å². The fourth-order valence-electron chi connectivity index (χ4n) is 2.50. The summed E-state index contributed by atoms with van der Waals surface area (Å²) < 4.78 is 11.2. The Morgan fingerprint density at radius 2 is 1.81 bits per heavy atom. The summed E-state index contributed by atoms with van der Waals surface area (Å²) in [5.74, 6) is 0.202. The number of carbonyl (C=O) groups is 1. The second-order valence-corrected chi connectivity index (χ2v) is 5.80. The molecule has 136 valence electrons. The fraction of sp³-hybridized carbons (Fsp3) is 0.0909. The lowest BCUT2D eigenvalue weighted by Crippen LogP contribution is -2.01. The van der Waals surface area contributed by atoms with Gasteiger partial charge in [0.25, 0.3) is 0 Å². The molecule has 0 radical (unpaired) electrons. The average molecular weight is 361 g/mol. The van der Waals surface area contributed by atoms with Crippen LogP contribution in [0.25, 0.3) is 0 Å². The first-order valence-electron chi connectivity index (χ1n) is 8.38. The highest BCUT2D eigenvalue weighted by molar-refractivity contribution is 5.87. The van der Waals surface area contributed by atoms with Gasteiger partial charge >= 0.3 is 5.97 Å². The summed E-state index contributed by atoms with van der Waals surface area (Å²) in [6.45, 7) is 0.245. The van der Waals surface area contributed by atoms with E-state index in [2.05, 4.69) is 4.99 Å². The first kappa shape index (κ1) is 18.2. The number of nitrogens with zero attached hydrogens (tertiary/aromatic N) is 1. The van der Waals surface area contributed by atoms with Gasteiger partial charge < -0.3 is 14.6 Å². The highest BCUT2D eigenvalue weighted by Crippen LogP contribution is 2.28. The van der Waals surface area contributed by atoms with Crippen molar-refractivity contribution < 1.29 is 19.4 Å². The van der Waals surface area contributed by atoms with E-state index in [9.17, 15) is 4.79 Å². The largest absolute Gasteiger partial charge is 0.493 e. The molecule has 5 heteroatoms. The van der Waals surface area contributed by atoms with Crippen LogP contribution in [0.3, 0.4) is 0 Å². The number of ether oxygens (including phenoxy) is 2. The number of aliphatic imine (C=N–C) groups is 1. The number of benzene rings is 3. The van der Waals surface area contributed by atoms with E-state index < -0.39 is 5.97 Å². The molecule has 3 aromatic rings. The SMILES string of the molecule is COc1cc(C=Nc2ccccc2)ccc1OCc1cccc(C(=O)O)c1. The summed E-state index contributed by atoms with van der Waals surface area (Å²) in [5, 5.41) is 9.07. The van der Waals surface area contributed by atoms with Gasteiger partial charge in [-0.25, -0.2) is 4.79 Å². The third kappa shape index (κ3) is 4.95. The van der Waals surface area contributed by atoms with E-state index in [0.717, 1.165) is 16.8 Å². The fourth-order valence-corrected chi connectivity index (χ4v) is 2.50. The number of carboxylic acids is 1. The van der Waals surface area contributed by atoms with Crippen molar-refractivity contribution in [1.29, 1.82) is 0 Å². The van der Waals surface area contributed by atoms with Crippen molar-refractivity contribution >= 4 is 17.9 Å². The van der Waals surface area contributed by atoms with E-state index in [-0.39, 0.29) is 12.2 Å². The Morgan fingerprint density at radius 3 is 2.56 bits per heavy atom. The number of hydrogen-bond donors (Lipinski definition) is 1. The van der Waals surface area contributed by atoms with Gasteiger partial charge in [-0.15, -0.1) is 0 Å². The van der Waals surface area contributed by atoms with E-state index in [0.29, 0.717) is 11.5 Å². The maximum absolute atomic E-state index is 11.1. The van der Waals surface area contributed by atoms with E-state index in [1.807, 2.05) is 54.6 Å². The zero-order valence-corrected chi connectivity index (χ0v) is 14.8. The minimum absolute atomic E-state index is 0.232. The van der Waals surface area contributed by atoms with Crippen molar-refractivity contribution in [2.24, 2.45) is 4.99 Å². The van der Waals surface area contributed by atoms with E-state index in [4.69, 9.17) is 14.6 Å². The molecule has 27 heavy (non-hydrogen) atoms. The van der Waals surface area contributed by atoms with Crippen molar-refractivity contribution in [3.8, 4) is 11.5 Å². The molecule has 0 atom stereocenters. The van der Waals surface area contributed by atoms with Crippen LogP contribution >= 0.6 is 0 Å². The maximum atomic E-state index is 11.1. The number of methoxy groups -OCH3 is 1. The molecule has 0 amide bonds. The van der Waals surface area contributed by atoms with E-state index >= 15 is 0 Å². The van der Waals surface area contributed by atoms with Crippen molar-refractivity contribution in [3.63, 3.8) is 0 Å². The van der Waals surface area contributed by atoms with Crippen molar-refractivity contribution in [1.82, 2.24) is 0 Å². The summed E-state index contributed by atoms with van der Waals surface area (Å²) in [4.78, 5) is 15.5. The van der Waals surface area contributed by atoms with Gasteiger partial charge in [0.05, 0.1) is 18.4 Å². The Kier molecular flexibility index (Phi) is 5.84.